The first-order valence-electron chi connectivity index (χ1n) is 9.97. The van der Waals surface area contributed by atoms with Gasteiger partial charge < -0.3 is 10.7 Å². The van der Waals surface area contributed by atoms with Crippen molar-refractivity contribution >= 4 is 35.0 Å². The molecule has 0 bridgehead atoms. The third kappa shape index (κ3) is 4.18. The normalized spacial score (nSPS) is 17.9. The van der Waals surface area contributed by atoms with Gasteiger partial charge in [-0.1, -0.05) is 54.6 Å². The molecule has 1 aliphatic heterocycles. The maximum Gasteiger partial charge on any atom is 0.240 e. The van der Waals surface area contributed by atoms with Crippen LogP contribution < -0.4 is 10.7 Å². The maximum atomic E-state index is 13.4. The average Bonchev–Trinajstić information content (AvgIpc) is 3.12. The van der Waals surface area contributed by atoms with Crippen molar-refractivity contribution in [1.82, 2.24) is 14.9 Å². The molecule has 2 N–H and O–H groups in total. The molecule has 30 heavy (non-hydrogen) atoms. The number of amides is 1. The molecule has 8 heteroatoms. The Morgan fingerprint density at radius 1 is 1.20 bits per heavy atom. The van der Waals surface area contributed by atoms with Crippen LogP contribution in [0.25, 0.3) is 0 Å². The van der Waals surface area contributed by atoms with Crippen molar-refractivity contribution in [1.29, 1.82) is 0 Å². The molecule has 0 aliphatic carbocycles. The Kier molecular flexibility index (Phi) is 6.01. The summed E-state index contributed by atoms with van der Waals surface area (Å²) >= 11 is 7.52. The van der Waals surface area contributed by atoms with Crippen LogP contribution >= 0.6 is 23.4 Å². The highest BCUT2D eigenvalue weighted by atomic mass is 35.5. The average molecular weight is 442 g/mol. The topological polar surface area (TPSA) is 71.8 Å². The molecule has 1 amide bonds. The van der Waals surface area contributed by atoms with E-state index in [-0.39, 0.29) is 11.9 Å². The van der Waals surface area contributed by atoms with Gasteiger partial charge in [-0.05, 0) is 55.2 Å². The van der Waals surface area contributed by atoms with Crippen LogP contribution in [0.1, 0.15) is 41.9 Å². The highest BCUT2D eigenvalue weighted by molar-refractivity contribution is 8.00. The van der Waals surface area contributed by atoms with Gasteiger partial charge in [0, 0.05) is 17.1 Å². The molecule has 4 rings (SSSR count). The lowest BCUT2D eigenvalue weighted by Crippen LogP contribution is -2.41. The van der Waals surface area contributed by atoms with Crippen molar-refractivity contribution in [3.05, 3.63) is 70.0 Å². The number of nitrogens with zero attached hydrogens (tertiary/aromatic N) is 3. The second kappa shape index (κ2) is 8.70. The first-order valence-corrected chi connectivity index (χ1v) is 11.2. The predicted molar refractivity (Wildman–Crippen MR) is 122 cm³/mol. The van der Waals surface area contributed by atoms with Crippen molar-refractivity contribution in [2.45, 2.75) is 50.1 Å². The minimum absolute atomic E-state index is 0.0764. The van der Waals surface area contributed by atoms with Crippen LogP contribution in [-0.2, 0) is 11.2 Å². The van der Waals surface area contributed by atoms with E-state index in [2.05, 4.69) is 27.9 Å². The van der Waals surface area contributed by atoms with Gasteiger partial charge in [0.15, 0.2) is 5.82 Å². The van der Waals surface area contributed by atoms with Crippen LogP contribution in [0.5, 0.6) is 0 Å². The highest BCUT2D eigenvalue weighted by Crippen LogP contribution is 2.38. The van der Waals surface area contributed by atoms with Gasteiger partial charge in [0.25, 0.3) is 0 Å². The molecule has 3 aromatic rings. The van der Waals surface area contributed by atoms with Crippen LogP contribution in [0.4, 0.5) is 5.69 Å². The first-order chi connectivity index (χ1) is 14.5. The number of hydrogen-bond donors (Lipinski definition) is 2. The van der Waals surface area contributed by atoms with Gasteiger partial charge in [0.05, 0.1) is 6.04 Å². The second-order valence-electron chi connectivity index (χ2n) is 7.49. The van der Waals surface area contributed by atoms with Gasteiger partial charge in [0.1, 0.15) is 5.25 Å². The molecular weight excluding hydrogens is 418 g/mol. The lowest BCUT2D eigenvalue weighted by molar-refractivity contribution is -0.116. The van der Waals surface area contributed by atoms with E-state index in [1.807, 2.05) is 61.0 Å². The van der Waals surface area contributed by atoms with Crippen molar-refractivity contribution < 1.29 is 4.79 Å². The lowest BCUT2D eigenvalue weighted by Gasteiger charge is -2.33. The van der Waals surface area contributed by atoms with Crippen molar-refractivity contribution in [3.8, 4) is 0 Å². The van der Waals surface area contributed by atoms with Crippen molar-refractivity contribution in [2.24, 2.45) is 0 Å². The van der Waals surface area contributed by atoms with E-state index < -0.39 is 5.25 Å². The molecule has 2 aromatic carbocycles. The third-order valence-electron chi connectivity index (χ3n) is 5.12. The van der Waals surface area contributed by atoms with Crippen molar-refractivity contribution in [3.63, 3.8) is 0 Å². The van der Waals surface area contributed by atoms with Gasteiger partial charge in [-0.15, -0.1) is 10.2 Å². The number of thioether (sulfide) groups is 1. The molecule has 0 saturated heterocycles. The SMILES string of the molecule is CCCc1nnc2n1N[C@H](c1ccc(Cl)cc1)[C@H](C(=O)Nc1cc(C)ccc1C)S2. The summed E-state index contributed by atoms with van der Waals surface area (Å²) in [5.74, 6) is 0.791. The Labute approximate surface area is 185 Å². The smallest absolute Gasteiger partial charge is 0.240 e. The Hall–Kier alpha value is -2.51. The number of benzene rings is 2. The van der Waals surface area contributed by atoms with Crippen LogP contribution in [-0.4, -0.2) is 26.0 Å². The fraction of sp³-hybridized carbons (Fsp3) is 0.318. The number of carbonyl (C=O) groups excluding carboxylic acids is 1. The number of hydrogen-bond acceptors (Lipinski definition) is 5. The predicted octanol–water partition coefficient (Wildman–Crippen LogP) is 4.90. The summed E-state index contributed by atoms with van der Waals surface area (Å²) in [6.45, 7) is 6.11. The molecule has 6 nitrogen and oxygen atoms in total. The molecule has 1 aliphatic rings. The molecule has 2 atom stereocenters. The summed E-state index contributed by atoms with van der Waals surface area (Å²) in [4.78, 5) is 13.4. The molecule has 0 unspecified atom stereocenters. The summed E-state index contributed by atoms with van der Waals surface area (Å²) in [7, 11) is 0. The number of fused-ring (bicyclic) bond motifs is 1. The molecule has 0 spiro atoms. The zero-order chi connectivity index (χ0) is 21.3. The highest BCUT2D eigenvalue weighted by Gasteiger charge is 2.37. The first kappa shape index (κ1) is 20.8. The van der Waals surface area contributed by atoms with E-state index in [0.29, 0.717) is 10.2 Å². The zero-order valence-corrected chi connectivity index (χ0v) is 18.7. The van der Waals surface area contributed by atoms with Gasteiger partial charge in [-0.2, -0.15) is 0 Å². The lowest BCUT2D eigenvalue weighted by atomic mass is 10.0. The van der Waals surface area contributed by atoms with E-state index in [4.69, 9.17) is 11.6 Å². The number of halogens is 1. The van der Waals surface area contributed by atoms with Crippen LogP contribution in [0, 0.1) is 13.8 Å². The molecule has 2 heterocycles. The summed E-state index contributed by atoms with van der Waals surface area (Å²) in [6.07, 6.45) is 1.78. The van der Waals surface area contributed by atoms with Gasteiger partial charge in [-0.25, -0.2) is 4.68 Å². The van der Waals surface area contributed by atoms with E-state index >= 15 is 0 Å². The number of nitrogens with one attached hydrogen (secondary N) is 2. The molecular formula is C22H24ClN5OS. The van der Waals surface area contributed by atoms with Gasteiger partial charge in [0.2, 0.25) is 11.1 Å². The quantitative estimate of drug-likeness (QED) is 0.589. The Morgan fingerprint density at radius 2 is 1.97 bits per heavy atom. The molecule has 0 radical (unpaired) electrons. The fourth-order valence-corrected chi connectivity index (χ4v) is 4.70. The van der Waals surface area contributed by atoms with Crippen molar-refractivity contribution in [2.75, 3.05) is 10.7 Å². The van der Waals surface area contributed by atoms with Crippen LogP contribution in [0.15, 0.2) is 47.6 Å². The summed E-state index contributed by atoms with van der Waals surface area (Å²) < 4.78 is 1.91. The van der Waals surface area contributed by atoms with E-state index in [1.54, 1.807) is 0 Å². The molecule has 0 saturated carbocycles. The number of aryl methyl sites for hydroxylation is 3. The zero-order valence-electron chi connectivity index (χ0n) is 17.1. The largest absolute Gasteiger partial charge is 0.325 e. The van der Waals surface area contributed by atoms with E-state index in [9.17, 15) is 4.79 Å². The van der Waals surface area contributed by atoms with E-state index in [1.165, 1.54) is 11.8 Å². The summed E-state index contributed by atoms with van der Waals surface area (Å²) in [6, 6.07) is 13.4. The number of rotatable bonds is 5. The monoisotopic (exact) mass is 441 g/mol. The minimum atomic E-state index is -0.419. The van der Waals surface area contributed by atoms with Crippen LogP contribution in [0.3, 0.4) is 0 Å². The third-order valence-corrected chi connectivity index (χ3v) is 6.58. The molecule has 1 aromatic heterocycles. The Morgan fingerprint density at radius 3 is 2.70 bits per heavy atom. The Bertz CT molecular complexity index is 1070. The molecule has 0 fully saturated rings. The maximum absolute atomic E-state index is 13.4. The van der Waals surface area contributed by atoms with E-state index in [0.717, 1.165) is 41.0 Å². The fourth-order valence-electron chi connectivity index (χ4n) is 3.48. The number of carbonyl (C=O) groups is 1. The number of anilines is 1. The standard InChI is InChI=1S/C22H24ClN5OS/c1-4-5-18-25-26-22-28(18)27-19(15-8-10-16(23)11-9-15)20(30-22)21(29)24-17-12-13(2)6-7-14(17)3/h6-12,19-20,27H,4-5H2,1-3H3,(H,24,29)/t19-,20-/m1/s1. The number of aromatic nitrogens is 3. The van der Waals surface area contributed by atoms with Crippen LogP contribution in [0.2, 0.25) is 5.02 Å². The Balaban J connectivity index is 1.68. The second-order valence-corrected chi connectivity index (χ2v) is 9.03. The van der Waals surface area contributed by atoms with Gasteiger partial charge >= 0.3 is 0 Å². The minimum Gasteiger partial charge on any atom is -0.325 e. The summed E-state index contributed by atoms with van der Waals surface area (Å²) in [5.41, 5.74) is 7.41. The van der Waals surface area contributed by atoms with Gasteiger partial charge in [-0.3, -0.25) is 4.79 Å². The molecule has 156 valence electrons. The summed E-state index contributed by atoms with van der Waals surface area (Å²) in [5, 5.41) is 12.7.